The van der Waals surface area contributed by atoms with E-state index in [1.165, 1.54) is 12.8 Å². The van der Waals surface area contributed by atoms with Crippen LogP contribution in [0.3, 0.4) is 0 Å². The van der Waals surface area contributed by atoms with Crippen LogP contribution in [0.2, 0.25) is 0 Å². The molecular formula is C11H20N4. The maximum atomic E-state index is 4.42. The van der Waals surface area contributed by atoms with Crippen molar-refractivity contribution in [3.8, 4) is 0 Å². The van der Waals surface area contributed by atoms with E-state index in [1.54, 1.807) is 6.20 Å². The van der Waals surface area contributed by atoms with Crippen molar-refractivity contribution < 1.29 is 0 Å². The predicted molar refractivity (Wildman–Crippen MR) is 64.4 cm³/mol. The first-order valence-corrected chi connectivity index (χ1v) is 5.57. The Morgan fingerprint density at radius 1 is 1.40 bits per heavy atom. The summed E-state index contributed by atoms with van der Waals surface area (Å²) in [6, 6.07) is 1.96. The summed E-state index contributed by atoms with van der Waals surface area (Å²) in [5.74, 6) is 1.69. The Bertz CT molecular complexity index is 288. The van der Waals surface area contributed by atoms with E-state index in [1.807, 2.05) is 13.1 Å². The monoisotopic (exact) mass is 208 g/mol. The quantitative estimate of drug-likeness (QED) is 0.777. The topological polar surface area (TPSA) is 41.1 Å². The fourth-order valence-electron chi connectivity index (χ4n) is 1.43. The first-order chi connectivity index (χ1) is 7.31. The number of nitrogens with one attached hydrogen (secondary N) is 1. The van der Waals surface area contributed by atoms with Gasteiger partial charge in [0.2, 0.25) is 5.95 Å². The number of aromatic nitrogens is 2. The van der Waals surface area contributed by atoms with Crippen LogP contribution >= 0.6 is 0 Å². The van der Waals surface area contributed by atoms with Crippen LogP contribution in [0.15, 0.2) is 12.3 Å². The summed E-state index contributed by atoms with van der Waals surface area (Å²) in [5, 5.41) is 2.95. The molecule has 15 heavy (non-hydrogen) atoms. The minimum atomic E-state index is 0.683. The smallest absolute Gasteiger partial charge is 0.224 e. The van der Waals surface area contributed by atoms with Crippen LogP contribution in [0.25, 0.3) is 0 Å². The van der Waals surface area contributed by atoms with Gasteiger partial charge in [-0.3, -0.25) is 0 Å². The van der Waals surface area contributed by atoms with Crippen molar-refractivity contribution in [3.63, 3.8) is 0 Å². The Morgan fingerprint density at radius 2 is 2.20 bits per heavy atom. The lowest BCUT2D eigenvalue weighted by Crippen LogP contribution is -2.25. The van der Waals surface area contributed by atoms with Crippen LogP contribution in [0.5, 0.6) is 0 Å². The standard InChI is InChI=1S/C11H20N4/c1-4-6-9-15(5-2)10-7-8-13-11(12-3)14-10/h7-8H,4-6,9H2,1-3H3,(H,12,13,14). The first kappa shape index (κ1) is 11.8. The van der Waals surface area contributed by atoms with Crippen LogP contribution in [-0.2, 0) is 0 Å². The molecule has 0 saturated heterocycles. The normalized spacial score (nSPS) is 10.1. The highest BCUT2D eigenvalue weighted by Crippen LogP contribution is 2.12. The van der Waals surface area contributed by atoms with E-state index in [4.69, 9.17) is 0 Å². The zero-order chi connectivity index (χ0) is 11.1. The molecule has 1 heterocycles. The van der Waals surface area contributed by atoms with Gasteiger partial charge >= 0.3 is 0 Å². The van der Waals surface area contributed by atoms with Crippen molar-refractivity contribution in [1.29, 1.82) is 0 Å². The van der Waals surface area contributed by atoms with E-state index >= 15 is 0 Å². The number of rotatable bonds is 6. The van der Waals surface area contributed by atoms with Crippen molar-refractivity contribution in [2.75, 3.05) is 30.4 Å². The van der Waals surface area contributed by atoms with Gasteiger partial charge in [0.25, 0.3) is 0 Å². The van der Waals surface area contributed by atoms with E-state index < -0.39 is 0 Å². The molecule has 0 saturated carbocycles. The van der Waals surface area contributed by atoms with Crippen molar-refractivity contribution in [1.82, 2.24) is 9.97 Å². The van der Waals surface area contributed by atoms with Gasteiger partial charge in [-0.15, -0.1) is 0 Å². The van der Waals surface area contributed by atoms with Gasteiger partial charge in [-0.1, -0.05) is 13.3 Å². The van der Waals surface area contributed by atoms with E-state index in [2.05, 4.69) is 34.0 Å². The summed E-state index contributed by atoms with van der Waals surface area (Å²) < 4.78 is 0. The van der Waals surface area contributed by atoms with Gasteiger partial charge in [0.05, 0.1) is 0 Å². The van der Waals surface area contributed by atoms with E-state index in [0.29, 0.717) is 5.95 Å². The molecule has 1 aromatic heterocycles. The third-order valence-electron chi connectivity index (χ3n) is 2.35. The highest BCUT2D eigenvalue weighted by molar-refractivity contribution is 5.41. The Labute approximate surface area is 91.7 Å². The summed E-state index contributed by atoms with van der Waals surface area (Å²) >= 11 is 0. The summed E-state index contributed by atoms with van der Waals surface area (Å²) in [6.45, 7) is 6.40. The van der Waals surface area contributed by atoms with Gasteiger partial charge < -0.3 is 10.2 Å². The summed E-state index contributed by atoms with van der Waals surface area (Å²) in [6.07, 6.45) is 4.20. The van der Waals surface area contributed by atoms with Crippen LogP contribution in [0, 0.1) is 0 Å². The first-order valence-electron chi connectivity index (χ1n) is 5.57. The third kappa shape index (κ3) is 3.38. The molecule has 4 nitrogen and oxygen atoms in total. The minimum Gasteiger partial charge on any atom is -0.357 e. The Balaban J connectivity index is 2.72. The number of unbranched alkanes of at least 4 members (excludes halogenated alkanes) is 1. The number of hydrogen-bond donors (Lipinski definition) is 1. The van der Waals surface area contributed by atoms with Gasteiger partial charge in [-0.25, -0.2) is 4.98 Å². The molecule has 0 spiro atoms. The second kappa shape index (κ2) is 6.22. The molecule has 0 aliphatic carbocycles. The third-order valence-corrected chi connectivity index (χ3v) is 2.35. The SMILES string of the molecule is CCCCN(CC)c1ccnc(NC)n1. The zero-order valence-electron chi connectivity index (χ0n) is 9.82. The Hall–Kier alpha value is -1.32. The molecule has 0 unspecified atom stereocenters. The molecule has 0 fully saturated rings. The van der Waals surface area contributed by atoms with Crippen molar-refractivity contribution >= 4 is 11.8 Å². The van der Waals surface area contributed by atoms with Gasteiger partial charge in [0, 0.05) is 26.3 Å². The highest BCUT2D eigenvalue weighted by Gasteiger charge is 2.05. The summed E-state index contributed by atoms with van der Waals surface area (Å²) in [5.41, 5.74) is 0. The average Bonchev–Trinajstić information content (AvgIpc) is 2.30. The maximum absolute atomic E-state index is 4.42. The lowest BCUT2D eigenvalue weighted by molar-refractivity contribution is 0.723. The summed E-state index contributed by atoms with van der Waals surface area (Å²) in [4.78, 5) is 10.8. The number of nitrogens with zero attached hydrogens (tertiary/aromatic N) is 3. The molecule has 4 heteroatoms. The second-order valence-electron chi connectivity index (χ2n) is 3.42. The fraction of sp³-hybridized carbons (Fsp3) is 0.636. The van der Waals surface area contributed by atoms with E-state index in [9.17, 15) is 0 Å². The van der Waals surface area contributed by atoms with Crippen molar-refractivity contribution in [2.45, 2.75) is 26.7 Å². The van der Waals surface area contributed by atoms with Gasteiger partial charge in [0.1, 0.15) is 5.82 Å². The molecule has 0 amide bonds. The average molecular weight is 208 g/mol. The zero-order valence-corrected chi connectivity index (χ0v) is 9.82. The number of hydrogen-bond acceptors (Lipinski definition) is 4. The predicted octanol–water partition coefficient (Wildman–Crippen LogP) is 2.14. The molecule has 0 aromatic carbocycles. The molecule has 0 radical (unpaired) electrons. The molecule has 1 aromatic rings. The lowest BCUT2D eigenvalue weighted by Gasteiger charge is -2.21. The molecule has 0 atom stereocenters. The van der Waals surface area contributed by atoms with Gasteiger partial charge in [-0.05, 0) is 19.4 Å². The second-order valence-corrected chi connectivity index (χ2v) is 3.42. The lowest BCUT2D eigenvalue weighted by atomic mass is 10.3. The molecule has 84 valence electrons. The molecule has 0 aliphatic heterocycles. The van der Waals surface area contributed by atoms with Crippen LogP contribution in [0.4, 0.5) is 11.8 Å². The molecular weight excluding hydrogens is 188 g/mol. The van der Waals surface area contributed by atoms with Gasteiger partial charge in [0.15, 0.2) is 0 Å². The molecule has 1 rings (SSSR count). The minimum absolute atomic E-state index is 0.683. The van der Waals surface area contributed by atoms with Crippen molar-refractivity contribution in [2.24, 2.45) is 0 Å². The Morgan fingerprint density at radius 3 is 2.80 bits per heavy atom. The number of anilines is 2. The van der Waals surface area contributed by atoms with Crippen LogP contribution in [0.1, 0.15) is 26.7 Å². The highest BCUT2D eigenvalue weighted by atomic mass is 15.2. The van der Waals surface area contributed by atoms with Crippen LogP contribution in [-0.4, -0.2) is 30.1 Å². The van der Waals surface area contributed by atoms with E-state index in [-0.39, 0.29) is 0 Å². The molecule has 0 aliphatic rings. The van der Waals surface area contributed by atoms with Gasteiger partial charge in [-0.2, -0.15) is 4.98 Å². The molecule has 0 bridgehead atoms. The fourth-order valence-corrected chi connectivity index (χ4v) is 1.43. The summed E-state index contributed by atoms with van der Waals surface area (Å²) in [7, 11) is 1.83. The maximum Gasteiger partial charge on any atom is 0.224 e. The van der Waals surface area contributed by atoms with E-state index in [0.717, 1.165) is 18.9 Å². The van der Waals surface area contributed by atoms with Crippen molar-refractivity contribution in [3.05, 3.63) is 12.3 Å². The van der Waals surface area contributed by atoms with Crippen LogP contribution < -0.4 is 10.2 Å². The largest absolute Gasteiger partial charge is 0.357 e. The Kier molecular flexibility index (Phi) is 4.87. The molecule has 1 N–H and O–H groups in total.